The van der Waals surface area contributed by atoms with Crippen molar-refractivity contribution in [1.29, 1.82) is 0 Å². The SMILES string of the molecule is CC(C)c1cc(=O)n(CC2CCN(S(=O)(=O)c3ccc4c(c3)CCO4)CC2)cn1. The summed E-state index contributed by atoms with van der Waals surface area (Å²) in [7, 11) is -3.51. The lowest BCUT2D eigenvalue weighted by molar-refractivity contribution is 0.250. The number of fused-ring (bicyclic) bond motifs is 1. The predicted octanol–water partition coefficient (Wildman–Crippen LogP) is 2.40. The van der Waals surface area contributed by atoms with Crippen LogP contribution in [0.25, 0.3) is 0 Å². The zero-order valence-corrected chi connectivity index (χ0v) is 17.7. The van der Waals surface area contributed by atoms with E-state index in [-0.39, 0.29) is 17.4 Å². The summed E-state index contributed by atoms with van der Waals surface area (Å²) in [5, 5.41) is 0. The minimum absolute atomic E-state index is 0.0425. The van der Waals surface area contributed by atoms with Crippen molar-refractivity contribution in [2.45, 2.75) is 50.5 Å². The summed E-state index contributed by atoms with van der Waals surface area (Å²) in [4.78, 5) is 17.0. The number of aromatic nitrogens is 2. The van der Waals surface area contributed by atoms with E-state index < -0.39 is 10.0 Å². The number of hydrogen-bond acceptors (Lipinski definition) is 5. The number of rotatable bonds is 5. The summed E-state index contributed by atoms with van der Waals surface area (Å²) < 4.78 is 34.7. The molecule has 0 radical (unpaired) electrons. The van der Waals surface area contributed by atoms with Crippen molar-refractivity contribution in [3.8, 4) is 5.75 Å². The Balaban J connectivity index is 1.41. The standard InChI is InChI=1S/C21H27N3O4S/c1-15(2)19-12-21(25)23(14-22-19)13-16-5-8-24(9-6-16)29(26,27)18-3-4-20-17(11-18)7-10-28-20/h3-4,11-12,14-16H,5-10,13H2,1-2H3. The quantitative estimate of drug-likeness (QED) is 0.746. The van der Waals surface area contributed by atoms with Gasteiger partial charge in [0.2, 0.25) is 10.0 Å². The Hall–Kier alpha value is -2.19. The average molecular weight is 418 g/mol. The summed E-state index contributed by atoms with van der Waals surface area (Å²) in [5.74, 6) is 1.26. The fourth-order valence-corrected chi connectivity index (χ4v) is 5.50. The van der Waals surface area contributed by atoms with Gasteiger partial charge in [-0.1, -0.05) is 13.8 Å². The number of benzene rings is 1. The molecule has 3 heterocycles. The van der Waals surface area contributed by atoms with Crippen LogP contribution in [0.5, 0.6) is 5.75 Å². The minimum Gasteiger partial charge on any atom is -0.493 e. The monoisotopic (exact) mass is 417 g/mol. The molecule has 2 aliphatic rings. The van der Waals surface area contributed by atoms with Gasteiger partial charge >= 0.3 is 0 Å². The van der Waals surface area contributed by atoms with Crippen molar-refractivity contribution >= 4 is 10.0 Å². The first-order valence-corrected chi connectivity index (χ1v) is 11.6. The lowest BCUT2D eigenvalue weighted by Gasteiger charge is -2.31. The lowest BCUT2D eigenvalue weighted by atomic mass is 9.98. The molecule has 2 aliphatic heterocycles. The number of ether oxygens (including phenoxy) is 1. The van der Waals surface area contributed by atoms with Gasteiger partial charge in [0, 0.05) is 32.1 Å². The van der Waals surface area contributed by atoms with E-state index in [2.05, 4.69) is 4.98 Å². The van der Waals surface area contributed by atoms with E-state index in [4.69, 9.17) is 4.74 Å². The van der Waals surface area contributed by atoms with Gasteiger partial charge in [-0.2, -0.15) is 4.31 Å². The molecule has 29 heavy (non-hydrogen) atoms. The summed E-state index contributed by atoms with van der Waals surface area (Å²) in [5.41, 5.74) is 1.71. The van der Waals surface area contributed by atoms with Crippen LogP contribution in [0.3, 0.4) is 0 Å². The van der Waals surface area contributed by atoms with Crippen molar-refractivity contribution in [1.82, 2.24) is 13.9 Å². The fraction of sp³-hybridized carbons (Fsp3) is 0.524. The van der Waals surface area contributed by atoms with Gasteiger partial charge in [0.05, 0.1) is 23.5 Å². The van der Waals surface area contributed by atoms with Crippen LogP contribution < -0.4 is 10.3 Å². The first-order valence-electron chi connectivity index (χ1n) is 10.2. The third-order valence-corrected chi connectivity index (χ3v) is 7.71. The molecule has 156 valence electrons. The van der Waals surface area contributed by atoms with Crippen LogP contribution in [0.1, 0.15) is 43.9 Å². The number of hydrogen-bond donors (Lipinski definition) is 0. The highest BCUT2D eigenvalue weighted by Crippen LogP contribution is 2.30. The van der Waals surface area contributed by atoms with Crippen molar-refractivity contribution in [3.05, 3.63) is 52.2 Å². The number of sulfonamides is 1. The molecule has 0 unspecified atom stereocenters. The molecule has 2 aromatic rings. The van der Waals surface area contributed by atoms with Gasteiger partial charge in [-0.25, -0.2) is 13.4 Å². The predicted molar refractivity (Wildman–Crippen MR) is 110 cm³/mol. The average Bonchev–Trinajstić information content (AvgIpc) is 3.17. The molecule has 0 atom stereocenters. The zero-order chi connectivity index (χ0) is 20.6. The molecule has 0 saturated carbocycles. The van der Waals surface area contributed by atoms with Gasteiger partial charge < -0.3 is 4.74 Å². The summed E-state index contributed by atoms with van der Waals surface area (Å²) >= 11 is 0. The highest BCUT2D eigenvalue weighted by atomic mass is 32.2. The maximum absolute atomic E-state index is 13.0. The van der Waals surface area contributed by atoms with E-state index in [1.165, 1.54) is 0 Å². The zero-order valence-electron chi connectivity index (χ0n) is 16.9. The minimum atomic E-state index is -3.51. The van der Waals surface area contributed by atoms with E-state index in [0.29, 0.717) is 31.1 Å². The first kappa shape index (κ1) is 20.1. The second-order valence-corrected chi connectivity index (χ2v) is 10.1. The van der Waals surface area contributed by atoms with E-state index in [1.54, 1.807) is 39.5 Å². The largest absolute Gasteiger partial charge is 0.493 e. The topological polar surface area (TPSA) is 81.5 Å². The van der Waals surface area contributed by atoms with Gasteiger partial charge in [-0.3, -0.25) is 9.36 Å². The van der Waals surface area contributed by atoms with Crippen LogP contribution in [0.15, 0.2) is 40.3 Å². The van der Waals surface area contributed by atoms with Gasteiger partial charge in [-0.05, 0) is 48.4 Å². The van der Waals surface area contributed by atoms with Crippen LogP contribution in [-0.4, -0.2) is 42.0 Å². The van der Waals surface area contributed by atoms with Gasteiger partial charge in [0.15, 0.2) is 0 Å². The first-order chi connectivity index (χ1) is 13.8. The van der Waals surface area contributed by atoms with Gasteiger partial charge in [-0.15, -0.1) is 0 Å². The maximum Gasteiger partial charge on any atom is 0.253 e. The Morgan fingerprint density at radius 3 is 2.66 bits per heavy atom. The van der Waals surface area contributed by atoms with Crippen LogP contribution in [0.4, 0.5) is 0 Å². The third-order valence-electron chi connectivity index (χ3n) is 5.82. The van der Waals surface area contributed by atoms with Crippen molar-refractivity contribution in [3.63, 3.8) is 0 Å². The number of piperidine rings is 1. The van der Waals surface area contributed by atoms with Crippen molar-refractivity contribution in [2.24, 2.45) is 5.92 Å². The highest BCUT2D eigenvalue weighted by molar-refractivity contribution is 7.89. The second kappa shape index (κ2) is 7.91. The molecule has 0 spiro atoms. The molecule has 7 nitrogen and oxygen atoms in total. The Kier molecular flexibility index (Phi) is 5.48. The molecule has 8 heteroatoms. The van der Waals surface area contributed by atoms with E-state index in [9.17, 15) is 13.2 Å². The van der Waals surface area contributed by atoms with Gasteiger partial charge in [0.25, 0.3) is 5.56 Å². The molecule has 1 saturated heterocycles. The second-order valence-electron chi connectivity index (χ2n) is 8.17. The van der Waals surface area contributed by atoms with Crippen LogP contribution in [0, 0.1) is 5.92 Å². The Morgan fingerprint density at radius 2 is 1.97 bits per heavy atom. The molecule has 0 bridgehead atoms. The van der Waals surface area contributed by atoms with E-state index >= 15 is 0 Å². The molecule has 0 aliphatic carbocycles. The molecular weight excluding hydrogens is 390 g/mol. The molecule has 0 N–H and O–H groups in total. The highest BCUT2D eigenvalue weighted by Gasteiger charge is 2.30. The van der Waals surface area contributed by atoms with Gasteiger partial charge in [0.1, 0.15) is 5.75 Å². The van der Waals surface area contributed by atoms with Crippen LogP contribution >= 0.6 is 0 Å². The van der Waals surface area contributed by atoms with E-state index in [0.717, 1.165) is 36.3 Å². The summed E-state index contributed by atoms with van der Waals surface area (Å²) in [6, 6.07) is 6.72. The molecule has 1 fully saturated rings. The summed E-state index contributed by atoms with van der Waals surface area (Å²) in [6.07, 6.45) is 3.82. The lowest BCUT2D eigenvalue weighted by Crippen LogP contribution is -2.40. The molecular formula is C21H27N3O4S. The molecule has 1 aromatic carbocycles. The molecule has 4 rings (SSSR count). The molecule has 0 amide bonds. The van der Waals surface area contributed by atoms with Crippen LogP contribution in [0.2, 0.25) is 0 Å². The number of nitrogens with zero attached hydrogens (tertiary/aromatic N) is 3. The third kappa shape index (κ3) is 4.09. The molecule has 1 aromatic heterocycles. The smallest absolute Gasteiger partial charge is 0.253 e. The van der Waals surface area contributed by atoms with Crippen molar-refractivity contribution < 1.29 is 13.2 Å². The normalized spacial score (nSPS) is 18.0. The fourth-order valence-electron chi connectivity index (χ4n) is 3.98. The summed E-state index contributed by atoms with van der Waals surface area (Å²) in [6.45, 7) is 6.14. The van der Waals surface area contributed by atoms with E-state index in [1.807, 2.05) is 13.8 Å². The Labute approximate surface area is 171 Å². The van der Waals surface area contributed by atoms with Crippen LogP contribution in [-0.2, 0) is 23.0 Å². The Bertz CT molecular complexity index is 1050. The van der Waals surface area contributed by atoms with Crippen molar-refractivity contribution in [2.75, 3.05) is 19.7 Å². The maximum atomic E-state index is 13.0. The Morgan fingerprint density at radius 1 is 1.21 bits per heavy atom.